The fourth-order valence-corrected chi connectivity index (χ4v) is 1.03. The third kappa shape index (κ3) is 2.13. The van der Waals surface area contributed by atoms with E-state index in [-0.39, 0.29) is 6.61 Å². The van der Waals surface area contributed by atoms with E-state index in [4.69, 9.17) is 10.8 Å². The van der Waals surface area contributed by atoms with E-state index in [0.717, 1.165) is 16.9 Å². The van der Waals surface area contributed by atoms with Crippen LogP contribution in [0.5, 0.6) is 0 Å². The van der Waals surface area contributed by atoms with Crippen LogP contribution in [0.15, 0.2) is 18.2 Å². The van der Waals surface area contributed by atoms with Crippen LogP contribution < -0.4 is 11.1 Å². The molecule has 0 spiro atoms. The number of aliphatic hydroxyl groups is 1. The van der Waals surface area contributed by atoms with Crippen molar-refractivity contribution in [1.82, 2.24) is 0 Å². The Morgan fingerprint density at radius 3 is 2.83 bits per heavy atom. The molecule has 0 saturated heterocycles. The minimum atomic E-state index is 0.118. The van der Waals surface area contributed by atoms with Gasteiger partial charge in [-0.05, 0) is 24.6 Å². The quantitative estimate of drug-likeness (QED) is 0.587. The van der Waals surface area contributed by atoms with Gasteiger partial charge in [0.1, 0.15) is 0 Å². The van der Waals surface area contributed by atoms with Gasteiger partial charge < -0.3 is 16.2 Å². The van der Waals surface area contributed by atoms with Crippen molar-refractivity contribution in [2.24, 2.45) is 0 Å². The number of hydrogen-bond donors (Lipinski definition) is 3. The van der Waals surface area contributed by atoms with E-state index in [9.17, 15) is 0 Å². The van der Waals surface area contributed by atoms with Crippen molar-refractivity contribution in [2.45, 2.75) is 6.92 Å². The molecule has 0 amide bonds. The smallest absolute Gasteiger partial charge is 0.0604 e. The molecule has 3 nitrogen and oxygen atoms in total. The average molecular weight is 166 g/mol. The average Bonchev–Trinajstić information content (AvgIpc) is 2.03. The summed E-state index contributed by atoms with van der Waals surface area (Å²) in [6.07, 6.45) is 0. The van der Waals surface area contributed by atoms with E-state index >= 15 is 0 Å². The Labute approximate surface area is 72.2 Å². The van der Waals surface area contributed by atoms with E-state index in [1.807, 2.05) is 25.1 Å². The first-order chi connectivity index (χ1) is 5.74. The molecule has 0 unspecified atom stereocenters. The summed E-state index contributed by atoms with van der Waals surface area (Å²) in [5.74, 6) is 0. The molecule has 1 aromatic rings. The lowest BCUT2D eigenvalue weighted by atomic mass is 10.2. The van der Waals surface area contributed by atoms with Crippen LogP contribution in [0, 0.1) is 6.92 Å². The zero-order valence-electron chi connectivity index (χ0n) is 7.17. The highest BCUT2D eigenvalue weighted by molar-refractivity contribution is 5.66. The molecule has 1 rings (SSSR count). The zero-order chi connectivity index (χ0) is 8.97. The Balaban J connectivity index is 2.72. The molecule has 0 aromatic heterocycles. The number of rotatable bonds is 3. The third-order valence-electron chi connectivity index (χ3n) is 1.63. The lowest BCUT2D eigenvalue weighted by Gasteiger charge is -2.07. The number of nitrogens with two attached hydrogens (primary N) is 1. The summed E-state index contributed by atoms with van der Waals surface area (Å²) in [4.78, 5) is 0. The van der Waals surface area contributed by atoms with Crippen molar-refractivity contribution in [1.29, 1.82) is 0 Å². The van der Waals surface area contributed by atoms with Gasteiger partial charge in [0.15, 0.2) is 0 Å². The second kappa shape index (κ2) is 3.97. The molecular formula is C9H14N2O. The number of nitrogens with one attached hydrogen (secondary N) is 1. The van der Waals surface area contributed by atoms with Gasteiger partial charge in [0.25, 0.3) is 0 Å². The number of benzene rings is 1. The summed E-state index contributed by atoms with van der Waals surface area (Å²) in [5, 5.41) is 11.6. The SMILES string of the molecule is Cc1ccc(NCCO)c(N)c1. The standard InChI is InChI=1S/C9H14N2O/c1-7-2-3-9(8(10)6-7)11-4-5-12/h2-3,6,11-12H,4-5,10H2,1H3. The van der Waals surface area contributed by atoms with Gasteiger partial charge in [0.05, 0.1) is 18.0 Å². The highest BCUT2D eigenvalue weighted by Crippen LogP contribution is 2.18. The normalized spacial score (nSPS) is 9.83. The van der Waals surface area contributed by atoms with Crippen molar-refractivity contribution >= 4 is 11.4 Å². The van der Waals surface area contributed by atoms with Crippen molar-refractivity contribution in [3.8, 4) is 0 Å². The summed E-state index contributed by atoms with van der Waals surface area (Å²) in [7, 11) is 0. The monoisotopic (exact) mass is 166 g/mol. The molecule has 0 aliphatic rings. The van der Waals surface area contributed by atoms with E-state index < -0.39 is 0 Å². The summed E-state index contributed by atoms with van der Waals surface area (Å²) < 4.78 is 0. The van der Waals surface area contributed by atoms with Crippen LogP contribution in [-0.2, 0) is 0 Å². The molecule has 4 N–H and O–H groups in total. The molecule has 3 heteroatoms. The lowest BCUT2D eigenvalue weighted by Crippen LogP contribution is -2.07. The topological polar surface area (TPSA) is 58.3 Å². The summed E-state index contributed by atoms with van der Waals surface area (Å²) in [6.45, 7) is 2.65. The van der Waals surface area contributed by atoms with Crippen molar-refractivity contribution < 1.29 is 5.11 Å². The van der Waals surface area contributed by atoms with Crippen LogP contribution in [0.25, 0.3) is 0 Å². The molecule has 0 aliphatic heterocycles. The highest BCUT2D eigenvalue weighted by Gasteiger charge is 1.96. The second-order valence-corrected chi connectivity index (χ2v) is 2.74. The van der Waals surface area contributed by atoms with Gasteiger partial charge in [-0.15, -0.1) is 0 Å². The molecule has 0 aliphatic carbocycles. The highest BCUT2D eigenvalue weighted by atomic mass is 16.3. The zero-order valence-corrected chi connectivity index (χ0v) is 7.17. The molecule has 12 heavy (non-hydrogen) atoms. The van der Waals surface area contributed by atoms with Crippen LogP contribution in [0.3, 0.4) is 0 Å². The Bertz CT molecular complexity index is 261. The Kier molecular flexibility index (Phi) is 2.94. The Morgan fingerprint density at radius 1 is 1.50 bits per heavy atom. The Morgan fingerprint density at radius 2 is 2.25 bits per heavy atom. The first-order valence-corrected chi connectivity index (χ1v) is 3.95. The predicted molar refractivity (Wildman–Crippen MR) is 51.2 cm³/mol. The molecule has 66 valence electrons. The van der Waals surface area contributed by atoms with E-state index in [0.29, 0.717) is 6.54 Å². The van der Waals surface area contributed by atoms with Gasteiger partial charge in [-0.2, -0.15) is 0 Å². The van der Waals surface area contributed by atoms with Gasteiger partial charge in [-0.3, -0.25) is 0 Å². The van der Waals surface area contributed by atoms with Crippen LogP contribution in [-0.4, -0.2) is 18.3 Å². The number of nitrogen functional groups attached to an aromatic ring is 1. The predicted octanol–water partition coefficient (Wildman–Crippen LogP) is 0.981. The summed E-state index contributed by atoms with van der Waals surface area (Å²) in [6, 6.07) is 5.80. The van der Waals surface area contributed by atoms with E-state index in [2.05, 4.69) is 5.32 Å². The number of hydrogen-bond acceptors (Lipinski definition) is 3. The van der Waals surface area contributed by atoms with Gasteiger partial charge >= 0.3 is 0 Å². The summed E-state index contributed by atoms with van der Waals surface area (Å²) in [5.41, 5.74) is 8.47. The maximum Gasteiger partial charge on any atom is 0.0604 e. The number of aliphatic hydroxyl groups excluding tert-OH is 1. The first-order valence-electron chi connectivity index (χ1n) is 3.95. The maximum atomic E-state index is 8.57. The Hall–Kier alpha value is -1.22. The molecule has 1 aromatic carbocycles. The molecule has 0 fully saturated rings. The molecule has 0 radical (unpaired) electrons. The molecular weight excluding hydrogens is 152 g/mol. The molecule has 0 atom stereocenters. The van der Waals surface area contributed by atoms with Crippen LogP contribution in [0.4, 0.5) is 11.4 Å². The van der Waals surface area contributed by atoms with Crippen molar-refractivity contribution in [3.63, 3.8) is 0 Å². The maximum absolute atomic E-state index is 8.57. The van der Waals surface area contributed by atoms with Gasteiger partial charge in [0.2, 0.25) is 0 Å². The third-order valence-corrected chi connectivity index (χ3v) is 1.63. The fourth-order valence-electron chi connectivity index (χ4n) is 1.03. The minimum absolute atomic E-state index is 0.118. The largest absolute Gasteiger partial charge is 0.397 e. The minimum Gasteiger partial charge on any atom is -0.397 e. The molecule has 0 bridgehead atoms. The fraction of sp³-hybridized carbons (Fsp3) is 0.333. The number of anilines is 2. The van der Waals surface area contributed by atoms with Crippen LogP contribution in [0.2, 0.25) is 0 Å². The van der Waals surface area contributed by atoms with E-state index in [1.165, 1.54) is 0 Å². The molecule has 0 heterocycles. The lowest BCUT2D eigenvalue weighted by molar-refractivity contribution is 0.311. The van der Waals surface area contributed by atoms with E-state index in [1.54, 1.807) is 0 Å². The van der Waals surface area contributed by atoms with Crippen LogP contribution >= 0.6 is 0 Å². The van der Waals surface area contributed by atoms with Crippen molar-refractivity contribution in [3.05, 3.63) is 23.8 Å². The van der Waals surface area contributed by atoms with Gasteiger partial charge in [0, 0.05) is 6.54 Å². The second-order valence-electron chi connectivity index (χ2n) is 2.74. The van der Waals surface area contributed by atoms with Crippen molar-refractivity contribution in [2.75, 3.05) is 24.2 Å². The first kappa shape index (κ1) is 8.87. The molecule has 0 saturated carbocycles. The van der Waals surface area contributed by atoms with Gasteiger partial charge in [-0.25, -0.2) is 0 Å². The summed E-state index contributed by atoms with van der Waals surface area (Å²) >= 11 is 0. The van der Waals surface area contributed by atoms with Gasteiger partial charge in [-0.1, -0.05) is 6.07 Å². The van der Waals surface area contributed by atoms with Crippen LogP contribution in [0.1, 0.15) is 5.56 Å². The number of aryl methyl sites for hydroxylation is 1.